The molecule has 2 amide bonds. The molecule has 2 N–H and O–H groups in total. The highest BCUT2D eigenvalue weighted by Crippen LogP contribution is 2.36. The second-order valence-electron chi connectivity index (χ2n) is 10.9. The molecule has 10 heteroatoms. The summed E-state index contributed by atoms with van der Waals surface area (Å²) in [7, 11) is 0.707. The number of benzene rings is 1. The molecule has 0 bridgehead atoms. The molecule has 0 saturated carbocycles. The number of ether oxygens (including phenoxy) is 2. The fraction of sp³-hybridized carbons (Fsp3) is 0.640. The zero-order valence-electron chi connectivity index (χ0n) is 22.5. The van der Waals surface area contributed by atoms with Gasteiger partial charge >= 0.3 is 19.2 Å². The Morgan fingerprint density at radius 1 is 1.06 bits per heavy atom. The molecule has 0 spiro atoms. The lowest BCUT2D eigenvalue weighted by Gasteiger charge is -2.32. The third-order valence-electron chi connectivity index (χ3n) is 6.22. The van der Waals surface area contributed by atoms with E-state index in [4.69, 9.17) is 18.8 Å². The zero-order chi connectivity index (χ0) is 26.8. The van der Waals surface area contributed by atoms with Gasteiger partial charge in [0.1, 0.15) is 17.7 Å². The SMILES string of the molecule is COC(=O)[C@H](Cc1ccc(C)c(B2OC(C)(C)C(C)(C)O2)c1)NC(=O)[C@H](C)NC(=O)OC(C)(C)C. The highest BCUT2D eigenvalue weighted by atomic mass is 16.7. The third kappa shape index (κ3) is 7.45. The number of carbonyl (C=O) groups is 3. The molecule has 0 unspecified atom stereocenters. The van der Waals surface area contributed by atoms with E-state index in [2.05, 4.69) is 10.6 Å². The van der Waals surface area contributed by atoms with Crippen molar-refractivity contribution in [3.8, 4) is 0 Å². The van der Waals surface area contributed by atoms with Crippen molar-refractivity contribution < 1.29 is 33.2 Å². The first-order valence-electron chi connectivity index (χ1n) is 11.8. The Morgan fingerprint density at radius 3 is 2.14 bits per heavy atom. The molecule has 1 aromatic rings. The summed E-state index contributed by atoms with van der Waals surface area (Å²) in [6.45, 7) is 16.6. The minimum absolute atomic E-state index is 0.185. The first-order chi connectivity index (χ1) is 16.0. The van der Waals surface area contributed by atoms with Crippen LogP contribution in [0.3, 0.4) is 0 Å². The van der Waals surface area contributed by atoms with Crippen LogP contribution in [0.15, 0.2) is 18.2 Å². The molecule has 1 fully saturated rings. The number of nitrogens with one attached hydrogen (secondary N) is 2. The monoisotopic (exact) mass is 490 g/mol. The lowest BCUT2D eigenvalue weighted by molar-refractivity contribution is -0.145. The highest BCUT2D eigenvalue weighted by Gasteiger charge is 2.52. The Kier molecular flexibility index (Phi) is 8.66. The average molecular weight is 490 g/mol. The van der Waals surface area contributed by atoms with Gasteiger partial charge in [0.2, 0.25) is 5.91 Å². The van der Waals surface area contributed by atoms with Crippen molar-refractivity contribution in [1.29, 1.82) is 0 Å². The van der Waals surface area contributed by atoms with Gasteiger partial charge in [-0.3, -0.25) is 4.79 Å². The Hall–Kier alpha value is -2.59. The minimum Gasteiger partial charge on any atom is -0.467 e. The summed E-state index contributed by atoms with van der Waals surface area (Å²) in [4.78, 5) is 37.2. The fourth-order valence-corrected chi connectivity index (χ4v) is 3.46. The third-order valence-corrected chi connectivity index (χ3v) is 6.22. The van der Waals surface area contributed by atoms with Crippen molar-refractivity contribution >= 4 is 30.6 Å². The van der Waals surface area contributed by atoms with Crippen molar-refractivity contribution in [2.45, 2.75) is 97.6 Å². The van der Waals surface area contributed by atoms with E-state index in [-0.39, 0.29) is 6.42 Å². The van der Waals surface area contributed by atoms with E-state index >= 15 is 0 Å². The normalized spacial score (nSPS) is 18.4. The van der Waals surface area contributed by atoms with Crippen LogP contribution in [0, 0.1) is 6.92 Å². The van der Waals surface area contributed by atoms with Gasteiger partial charge in [-0.05, 0) is 73.3 Å². The molecule has 2 atom stereocenters. The molecular weight excluding hydrogens is 451 g/mol. The van der Waals surface area contributed by atoms with Crippen LogP contribution in [0.5, 0.6) is 0 Å². The largest absolute Gasteiger partial charge is 0.495 e. The first-order valence-corrected chi connectivity index (χ1v) is 11.8. The Morgan fingerprint density at radius 2 is 1.63 bits per heavy atom. The van der Waals surface area contributed by atoms with E-state index < -0.39 is 54.0 Å². The molecule has 0 aromatic heterocycles. The number of esters is 1. The molecule has 1 aliphatic rings. The van der Waals surface area contributed by atoms with Crippen molar-refractivity contribution in [1.82, 2.24) is 10.6 Å². The number of hydrogen-bond acceptors (Lipinski definition) is 7. The second kappa shape index (κ2) is 10.6. The fourth-order valence-electron chi connectivity index (χ4n) is 3.46. The molecule has 1 saturated heterocycles. The summed E-state index contributed by atoms with van der Waals surface area (Å²) >= 11 is 0. The maximum Gasteiger partial charge on any atom is 0.495 e. The highest BCUT2D eigenvalue weighted by molar-refractivity contribution is 6.62. The van der Waals surface area contributed by atoms with Crippen molar-refractivity contribution in [2.24, 2.45) is 0 Å². The molecule has 1 heterocycles. The second-order valence-corrected chi connectivity index (χ2v) is 10.9. The molecule has 1 aromatic carbocycles. The van der Waals surface area contributed by atoms with Gasteiger partial charge in [-0.1, -0.05) is 23.8 Å². The van der Waals surface area contributed by atoms with Crippen LogP contribution in [-0.4, -0.2) is 61.1 Å². The maximum absolute atomic E-state index is 12.7. The van der Waals surface area contributed by atoms with Crippen molar-refractivity contribution in [3.63, 3.8) is 0 Å². The summed E-state index contributed by atoms with van der Waals surface area (Å²) in [5.41, 5.74) is 0.968. The molecule has 194 valence electrons. The van der Waals surface area contributed by atoms with Gasteiger partial charge in [0.05, 0.1) is 18.3 Å². The van der Waals surface area contributed by atoms with E-state index in [9.17, 15) is 14.4 Å². The van der Waals surface area contributed by atoms with Crippen LogP contribution >= 0.6 is 0 Å². The van der Waals surface area contributed by atoms with Crippen LogP contribution in [-0.2, 0) is 34.8 Å². The summed E-state index contributed by atoms with van der Waals surface area (Å²) in [5, 5.41) is 5.14. The molecule has 2 rings (SSSR count). The van der Waals surface area contributed by atoms with Crippen molar-refractivity contribution in [2.75, 3.05) is 7.11 Å². The zero-order valence-corrected chi connectivity index (χ0v) is 22.5. The van der Waals surface area contributed by atoms with Crippen LogP contribution in [0.4, 0.5) is 4.79 Å². The quantitative estimate of drug-likeness (QED) is 0.446. The van der Waals surface area contributed by atoms with Crippen LogP contribution in [0.25, 0.3) is 0 Å². The van der Waals surface area contributed by atoms with Gasteiger partial charge in [0.25, 0.3) is 0 Å². The Bertz CT molecular complexity index is 940. The summed E-state index contributed by atoms with van der Waals surface area (Å²) < 4.78 is 22.5. The molecular formula is C25H39BN2O7. The predicted molar refractivity (Wildman–Crippen MR) is 133 cm³/mol. The molecule has 0 aliphatic carbocycles. The van der Waals surface area contributed by atoms with E-state index in [1.165, 1.54) is 14.0 Å². The standard InChI is InChI=1S/C25H39BN2O7/c1-15-11-12-17(13-18(15)26-34-24(6,7)25(8,9)35-26)14-19(21(30)32-10)28-20(29)16(2)27-22(31)33-23(3,4)5/h11-13,16,19H,14H2,1-10H3,(H,27,31)(H,28,29)/t16-,19-/m0/s1. The van der Waals surface area contributed by atoms with Gasteiger partial charge in [-0.2, -0.15) is 0 Å². The lowest BCUT2D eigenvalue weighted by atomic mass is 9.75. The van der Waals surface area contributed by atoms with E-state index in [0.717, 1.165) is 16.6 Å². The van der Waals surface area contributed by atoms with Gasteiger partial charge < -0.3 is 29.4 Å². The number of alkyl carbamates (subject to hydrolysis) is 1. The number of amides is 2. The van der Waals surface area contributed by atoms with Gasteiger partial charge in [-0.25, -0.2) is 9.59 Å². The number of rotatable bonds is 7. The molecule has 35 heavy (non-hydrogen) atoms. The number of methoxy groups -OCH3 is 1. The van der Waals surface area contributed by atoms with Gasteiger partial charge in [0.15, 0.2) is 0 Å². The van der Waals surface area contributed by atoms with Crippen LogP contribution in [0.2, 0.25) is 0 Å². The van der Waals surface area contributed by atoms with Gasteiger partial charge in [-0.15, -0.1) is 0 Å². The number of hydrogen-bond donors (Lipinski definition) is 2. The van der Waals surface area contributed by atoms with Crippen LogP contribution < -0.4 is 16.1 Å². The molecule has 9 nitrogen and oxygen atoms in total. The van der Waals surface area contributed by atoms with E-state index in [1.807, 2.05) is 52.8 Å². The lowest BCUT2D eigenvalue weighted by Crippen LogP contribution is -2.52. The minimum atomic E-state index is -0.954. The number of carbonyl (C=O) groups excluding carboxylic acids is 3. The maximum atomic E-state index is 12.7. The topological polar surface area (TPSA) is 112 Å². The summed E-state index contributed by atoms with van der Waals surface area (Å²) in [6, 6.07) is 3.86. The van der Waals surface area contributed by atoms with Crippen molar-refractivity contribution in [3.05, 3.63) is 29.3 Å². The predicted octanol–water partition coefficient (Wildman–Crippen LogP) is 2.41. The van der Waals surface area contributed by atoms with Gasteiger partial charge in [0, 0.05) is 6.42 Å². The number of aryl methyl sites for hydroxylation is 1. The first kappa shape index (κ1) is 28.7. The average Bonchev–Trinajstić information content (AvgIpc) is 2.93. The van der Waals surface area contributed by atoms with E-state index in [1.54, 1.807) is 20.8 Å². The summed E-state index contributed by atoms with van der Waals surface area (Å²) in [5.74, 6) is -1.13. The Balaban J connectivity index is 2.16. The smallest absolute Gasteiger partial charge is 0.467 e. The Labute approximate surface area is 208 Å². The summed E-state index contributed by atoms with van der Waals surface area (Å²) in [6.07, 6.45) is -0.537. The van der Waals surface area contributed by atoms with E-state index in [0.29, 0.717) is 0 Å². The molecule has 0 radical (unpaired) electrons. The van der Waals surface area contributed by atoms with Crippen LogP contribution in [0.1, 0.15) is 66.5 Å². The molecule has 1 aliphatic heterocycles.